The Morgan fingerprint density at radius 3 is 2.74 bits per heavy atom. The summed E-state index contributed by atoms with van der Waals surface area (Å²) in [5.41, 5.74) is 3.89. The number of amidine groups is 1. The van der Waals surface area contributed by atoms with Crippen molar-refractivity contribution < 1.29 is 9.90 Å². The van der Waals surface area contributed by atoms with E-state index in [1.807, 2.05) is 38.1 Å². The van der Waals surface area contributed by atoms with Gasteiger partial charge in [-0.2, -0.15) is 0 Å². The number of phenolic OH excluding ortho intramolecular Hbond substituents is 1. The minimum atomic E-state index is -0.178. The lowest BCUT2D eigenvalue weighted by Gasteiger charge is -2.04. The lowest BCUT2D eigenvalue weighted by Crippen LogP contribution is -2.19. The molecule has 0 spiro atoms. The molecular formula is C18H16N2O2S. The molecule has 2 N–H and O–H groups in total. The molecule has 1 aliphatic rings. The molecule has 1 aliphatic heterocycles. The number of hydrogen-bond donors (Lipinski definition) is 2. The summed E-state index contributed by atoms with van der Waals surface area (Å²) in [5.74, 6) is -0.00516. The molecule has 1 saturated heterocycles. The number of amides is 1. The molecule has 23 heavy (non-hydrogen) atoms. The molecule has 3 rings (SSSR count). The Bertz CT molecular complexity index is 841. The zero-order valence-electron chi connectivity index (χ0n) is 12.8. The third kappa shape index (κ3) is 3.46. The Hall–Kier alpha value is -2.53. The van der Waals surface area contributed by atoms with Crippen LogP contribution in [0, 0.1) is 13.8 Å². The van der Waals surface area contributed by atoms with Crippen molar-refractivity contribution in [2.45, 2.75) is 13.8 Å². The topological polar surface area (TPSA) is 61.7 Å². The molecule has 0 bridgehead atoms. The van der Waals surface area contributed by atoms with Gasteiger partial charge in [0, 0.05) is 0 Å². The van der Waals surface area contributed by atoms with Crippen LogP contribution in [-0.4, -0.2) is 16.2 Å². The van der Waals surface area contributed by atoms with Crippen LogP contribution in [0.2, 0.25) is 0 Å². The van der Waals surface area contributed by atoms with E-state index >= 15 is 0 Å². The number of phenols is 1. The van der Waals surface area contributed by atoms with Crippen molar-refractivity contribution in [3.8, 4) is 5.75 Å². The van der Waals surface area contributed by atoms with Crippen molar-refractivity contribution in [2.24, 2.45) is 4.99 Å². The fourth-order valence-electron chi connectivity index (χ4n) is 2.21. The third-order valence-electron chi connectivity index (χ3n) is 3.62. The first-order valence-corrected chi connectivity index (χ1v) is 7.99. The van der Waals surface area contributed by atoms with Crippen LogP contribution in [0.25, 0.3) is 6.08 Å². The molecule has 0 aliphatic carbocycles. The maximum atomic E-state index is 12.1. The smallest absolute Gasteiger partial charge is 0.264 e. The van der Waals surface area contributed by atoms with E-state index < -0.39 is 0 Å². The highest BCUT2D eigenvalue weighted by molar-refractivity contribution is 8.18. The summed E-state index contributed by atoms with van der Waals surface area (Å²) in [6, 6.07) is 12.7. The van der Waals surface area contributed by atoms with Gasteiger partial charge in [0.1, 0.15) is 5.75 Å². The van der Waals surface area contributed by atoms with E-state index in [9.17, 15) is 9.90 Å². The number of carbonyl (C=O) groups is 1. The van der Waals surface area contributed by atoms with Gasteiger partial charge >= 0.3 is 0 Å². The monoisotopic (exact) mass is 324 g/mol. The Morgan fingerprint density at radius 2 is 1.96 bits per heavy atom. The molecule has 2 aromatic carbocycles. The van der Waals surface area contributed by atoms with Crippen LogP contribution in [0.5, 0.6) is 5.75 Å². The fourth-order valence-corrected chi connectivity index (χ4v) is 3.05. The Balaban J connectivity index is 1.88. The van der Waals surface area contributed by atoms with Crippen LogP contribution >= 0.6 is 11.8 Å². The molecular weight excluding hydrogens is 308 g/mol. The molecule has 1 amide bonds. The normalized spacial score (nSPS) is 17.7. The summed E-state index contributed by atoms with van der Waals surface area (Å²) in [7, 11) is 0. The van der Waals surface area contributed by atoms with E-state index in [2.05, 4.69) is 10.3 Å². The van der Waals surface area contributed by atoms with Gasteiger partial charge in [-0.3, -0.25) is 4.79 Å². The van der Waals surface area contributed by atoms with E-state index in [1.165, 1.54) is 11.8 Å². The largest absolute Gasteiger partial charge is 0.508 e. The maximum Gasteiger partial charge on any atom is 0.264 e. The SMILES string of the molecule is Cc1cccc(N=C2NC(=O)/C(=C\c3cccc(O)c3)S2)c1C. The Kier molecular flexibility index (Phi) is 4.21. The van der Waals surface area contributed by atoms with Gasteiger partial charge in [0.05, 0.1) is 10.6 Å². The van der Waals surface area contributed by atoms with E-state index in [-0.39, 0.29) is 11.7 Å². The third-order valence-corrected chi connectivity index (χ3v) is 4.53. The Morgan fingerprint density at radius 1 is 1.17 bits per heavy atom. The molecule has 0 saturated carbocycles. The summed E-state index contributed by atoms with van der Waals surface area (Å²) in [5, 5.41) is 12.8. The predicted octanol–water partition coefficient (Wildman–Crippen LogP) is 3.90. The maximum absolute atomic E-state index is 12.1. The van der Waals surface area contributed by atoms with Gasteiger partial charge in [0.15, 0.2) is 5.17 Å². The highest BCUT2D eigenvalue weighted by Gasteiger charge is 2.24. The summed E-state index contributed by atoms with van der Waals surface area (Å²) in [6.45, 7) is 4.05. The van der Waals surface area contributed by atoms with E-state index in [4.69, 9.17) is 0 Å². The van der Waals surface area contributed by atoms with Gasteiger partial charge in [-0.15, -0.1) is 0 Å². The summed E-state index contributed by atoms with van der Waals surface area (Å²) in [4.78, 5) is 17.2. The van der Waals surface area contributed by atoms with Crippen LogP contribution < -0.4 is 5.32 Å². The molecule has 2 aromatic rings. The zero-order valence-corrected chi connectivity index (χ0v) is 13.6. The minimum absolute atomic E-state index is 0.173. The molecule has 1 heterocycles. The number of nitrogens with zero attached hydrogens (tertiary/aromatic N) is 1. The summed E-state index contributed by atoms with van der Waals surface area (Å²) >= 11 is 1.30. The predicted molar refractivity (Wildman–Crippen MR) is 94.8 cm³/mol. The highest BCUT2D eigenvalue weighted by Crippen LogP contribution is 2.30. The van der Waals surface area contributed by atoms with Crippen LogP contribution in [0.3, 0.4) is 0 Å². The number of carbonyl (C=O) groups excluding carboxylic acids is 1. The minimum Gasteiger partial charge on any atom is -0.508 e. The van der Waals surface area contributed by atoms with Crippen molar-refractivity contribution in [3.05, 3.63) is 64.1 Å². The van der Waals surface area contributed by atoms with Gasteiger partial charge in [0.25, 0.3) is 5.91 Å². The number of aryl methyl sites for hydroxylation is 1. The molecule has 116 valence electrons. The molecule has 1 fully saturated rings. The first kappa shape index (κ1) is 15.4. The van der Waals surface area contributed by atoms with Gasteiger partial charge in [-0.1, -0.05) is 24.3 Å². The van der Waals surface area contributed by atoms with Crippen molar-refractivity contribution in [2.75, 3.05) is 0 Å². The number of aromatic hydroxyl groups is 1. The van der Waals surface area contributed by atoms with Crippen LogP contribution in [0.4, 0.5) is 5.69 Å². The van der Waals surface area contributed by atoms with E-state index in [0.29, 0.717) is 10.1 Å². The van der Waals surface area contributed by atoms with Gasteiger partial charge in [-0.25, -0.2) is 4.99 Å². The molecule has 0 aromatic heterocycles. The number of nitrogens with one attached hydrogen (secondary N) is 1. The first-order chi connectivity index (χ1) is 11.0. The van der Waals surface area contributed by atoms with Crippen molar-refractivity contribution in [3.63, 3.8) is 0 Å². The molecule has 5 heteroatoms. The van der Waals surface area contributed by atoms with Gasteiger partial charge in [0.2, 0.25) is 0 Å². The lowest BCUT2D eigenvalue weighted by atomic mass is 10.1. The Labute approximate surface area is 139 Å². The van der Waals surface area contributed by atoms with E-state index in [1.54, 1.807) is 24.3 Å². The number of rotatable bonds is 2. The molecule has 0 radical (unpaired) electrons. The average molecular weight is 324 g/mol. The average Bonchev–Trinajstić information content (AvgIpc) is 2.84. The van der Waals surface area contributed by atoms with Gasteiger partial charge in [-0.05, 0) is 66.6 Å². The number of thioether (sulfide) groups is 1. The first-order valence-electron chi connectivity index (χ1n) is 7.18. The second-order valence-corrected chi connectivity index (χ2v) is 6.33. The quantitative estimate of drug-likeness (QED) is 0.824. The zero-order chi connectivity index (χ0) is 16.4. The number of hydrogen-bond acceptors (Lipinski definition) is 4. The lowest BCUT2D eigenvalue weighted by molar-refractivity contribution is -0.115. The van der Waals surface area contributed by atoms with Crippen LogP contribution in [0.1, 0.15) is 16.7 Å². The standard InChI is InChI=1S/C18H16N2O2S/c1-11-5-3-8-15(12(11)2)19-18-20-17(22)16(23-18)10-13-6-4-7-14(21)9-13/h3-10,21H,1-2H3,(H,19,20,22)/b16-10+. The second-order valence-electron chi connectivity index (χ2n) is 5.30. The van der Waals surface area contributed by atoms with Gasteiger partial charge < -0.3 is 10.4 Å². The fraction of sp³-hybridized carbons (Fsp3) is 0.111. The van der Waals surface area contributed by atoms with Crippen LogP contribution in [-0.2, 0) is 4.79 Å². The highest BCUT2D eigenvalue weighted by atomic mass is 32.2. The van der Waals surface area contributed by atoms with E-state index in [0.717, 1.165) is 22.4 Å². The van der Waals surface area contributed by atoms with Crippen molar-refractivity contribution in [1.29, 1.82) is 0 Å². The summed E-state index contributed by atoms with van der Waals surface area (Å²) in [6.07, 6.45) is 1.74. The van der Waals surface area contributed by atoms with Crippen LogP contribution in [0.15, 0.2) is 52.4 Å². The second kappa shape index (κ2) is 6.30. The molecule has 0 unspecified atom stereocenters. The number of benzene rings is 2. The number of aliphatic imine (C=N–C) groups is 1. The molecule has 4 nitrogen and oxygen atoms in total. The summed E-state index contributed by atoms with van der Waals surface area (Å²) < 4.78 is 0. The van der Waals surface area contributed by atoms with Crippen molar-refractivity contribution >= 4 is 34.6 Å². The molecule has 0 atom stereocenters. The van der Waals surface area contributed by atoms with Crippen molar-refractivity contribution in [1.82, 2.24) is 5.32 Å².